The van der Waals surface area contributed by atoms with Crippen LogP contribution in [-0.2, 0) is 4.74 Å². The van der Waals surface area contributed by atoms with Crippen molar-refractivity contribution in [3.05, 3.63) is 18.9 Å². The molecule has 10 heavy (non-hydrogen) atoms. The Morgan fingerprint density at radius 2 is 2.10 bits per heavy atom. The second-order valence-corrected chi connectivity index (χ2v) is 2.27. The molecule has 0 aromatic heterocycles. The molecule has 0 aliphatic heterocycles. The summed E-state index contributed by atoms with van der Waals surface area (Å²) in [6.07, 6.45) is 8.47. The zero-order valence-electron chi connectivity index (χ0n) is 6.97. The molecule has 0 aliphatic rings. The van der Waals surface area contributed by atoms with Gasteiger partial charge in [0.25, 0.3) is 0 Å². The molecule has 1 heteroatoms. The number of unbranched alkanes of at least 4 members (excludes halogenated alkanes) is 3. The summed E-state index contributed by atoms with van der Waals surface area (Å²) >= 11 is 0. The Bertz CT molecular complexity index is 76.8. The molecule has 0 rings (SSSR count). The lowest BCUT2D eigenvalue weighted by Gasteiger charge is -1.97. The van der Waals surface area contributed by atoms with Gasteiger partial charge < -0.3 is 4.74 Å². The van der Waals surface area contributed by atoms with Gasteiger partial charge in [-0.3, -0.25) is 0 Å². The van der Waals surface area contributed by atoms with E-state index < -0.39 is 0 Å². The Kier molecular flexibility index (Phi) is 8.15. The Hall–Kier alpha value is -0.460. The zero-order chi connectivity index (χ0) is 7.66. The van der Waals surface area contributed by atoms with E-state index in [1.54, 1.807) is 6.26 Å². The van der Waals surface area contributed by atoms with E-state index in [9.17, 15) is 0 Å². The maximum atomic E-state index is 5.02. The second kappa shape index (κ2) is 8.54. The van der Waals surface area contributed by atoms with Gasteiger partial charge in [0.2, 0.25) is 0 Å². The number of allylic oxidation sites excluding steroid dienone is 1. The molecule has 0 bridgehead atoms. The third-order valence-electron chi connectivity index (χ3n) is 1.24. The minimum Gasteiger partial charge on any atom is -0.495 e. The van der Waals surface area contributed by atoms with Gasteiger partial charge in [-0.05, 0) is 19.8 Å². The van der Waals surface area contributed by atoms with Gasteiger partial charge in [0.1, 0.15) is 6.61 Å². The lowest BCUT2D eigenvalue weighted by atomic mass is 10.2. The lowest BCUT2D eigenvalue weighted by molar-refractivity contribution is 0.316. The minimum absolute atomic E-state index is 1.07. The predicted molar refractivity (Wildman–Crippen MR) is 44.3 cm³/mol. The fourth-order valence-electron chi connectivity index (χ4n) is 0.680. The number of rotatable bonds is 6. The molecular weight excluding hydrogens is 124 g/mol. The standard InChI is InChI=1S/C9H17O/c1-3-5-6-7-9-10-8-4-2/h4,8-9H,3,5-7H2,1-2H3/b8-4-. The first-order valence-electron chi connectivity index (χ1n) is 4.00. The zero-order valence-corrected chi connectivity index (χ0v) is 6.97. The smallest absolute Gasteiger partial charge is 0.134 e. The van der Waals surface area contributed by atoms with Crippen molar-refractivity contribution in [2.75, 3.05) is 0 Å². The highest BCUT2D eigenvalue weighted by molar-refractivity contribution is 4.67. The molecule has 0 saturated heterocycles. The maximum Gasteiger partial charge on any atom is 0.134 e. The van der Waals surface area contributed by atoms with E-state index in [4.69, 9.17) is 4.74 Å². The number of hydrogen-bond donors (Lipinski definition) is 0. The average Bonchev–Trinajstić information content (AvgIpc) is 1.97. The summed E-state index contributed by atoms with van der Waals surface area (Å²) in [5.41, 5.74) is 0. The minimum atomic E-state index is 1.07. The molecule has 0 unspecified atom stereocenters. The van der Waals surface area contributed by atoms with Crippen LogP contribution in [0.25, 0.3) is 0 Å². The van der Waals surface area contributed by atoms with Crippen LogP contribution < -0.4 is 0 Å². The van der Waals surface area contributed by atoms with Crippen molar-refractivity contribution in [2.45, 2.75) is 39.5 Å². The predicted octanol–water partition coefficient (Wildman–Crippen LogP) is 3.28. The van der Waals surface area contributed by atoms with Crippen LogP contribution in [0.5, 0.6) is 0 Å². The highest BCUT2D eigenvalue weighted by Crippen LogP contribution is 2.01. The molecule has 0 N–H and O–H groups in total. The summed E-state index contributed by atoms with van der Waals surface area (Å²) in [5, 5.41) is 0. The first-order valence-corrected chi connectivity index (χ1v) is 4.00. The fourth-order valence-corrected chi connectivity index (χ4v) is 0.680. The number of hydrogen-bond acceptors (Lipinski definition) is 1. The molecule has 0 spiro atoms. The fraction of sp³-hybridized carbons (Fsp3) is 0.667. The van der Waals surface area contributed by atoms with Crippen LogP contribution in [0.15, 0.2) is 12.3 Å². The average molecular weight is 141 g/mol. The summed E-state index contributed by atoms with van der Waals surface area (Å²) in [6, 6.07) is 0. The SMILES string of the molecule is C/C=C\O[CH]CCCCC. The summed E-state index contributed by atoms with van der Waals surface area (Å²) in [4.78, 5) is 0. The van der Waals surface area contributed by atoms with Crippen LogP contribution in [0, 0.1) is 6.61 Å². The molecular formula is C9H17O. The van der Waals surface area contributed by atoms with E-state index in [1.165, 1.54) is 19.3 Å². The molecule has 59 valence electrons. The van der Waals surface area contributed by atoms with Crippen molar-refractivity contribution < 1.29 is 4.74 Å². The lowest BCUT2D eigenvalue weighted by Crippen LogP contribution is -1.79. The van der Waals surface area contributed by atoms with E-state index in [2.05, 4.69) is 6.92 Å². The summed E-state index contributed by atoms with van der Waals surface area (Å²) in [5.74, 6) is 0. The van der Waals surface area contributed by atoms with Gasteiger partial charge in [-0.2, -0.15) is 0 Å². The van der Waals surface area contributed by atoms with Gasteiger partial charge in [-0.25, -0.2) is 0 Å². The van der Waals surface area contributed by atoms with Crippen LogP contribution in [0.4, 0.5) is 0 Å². The van der Waals surface area contributed by atoms with Crippen LogP contribution in [0.1, 0.15) is 39.5 Å². The van der Waals surface area contributed by atoms with Crippen molar-refractivity contribution in [2.24, 2.45) is 0 Å². The molecule has 1 radical (unpaired) electrons. The molecule has 0 aliphatic carbocycles. The summed E-state index contributed by atoms with van der Waals surface area (Å²) in [6.45, 7) is 6.00. The molecule has 1 nitrogen and oxygen atoms in total. The Morgan fingerprint density at radius 3 is 2.70 bits per heavy atom. The largest absolute Gasteiger partial charge is 0.495 e. The van der Waals surface area contributed by atoms with Crippen molar-refractivity contribution in [1.29, 1.82) is 0 Å². The summed E-state index contributed by atoms with van der Waals surface area (Å²) in [7, 11) is 0. The molecule has 0 saturated carbocycles. The van der Waals surface area contributed by atoms with Gasteiger partial charge in [0.05, 0.1) is 6.26 Å². The van der Waals surface area contributed by atoms with E-state index in [0.29, 0.717) is 0 Å². The second-order valence-electron chi connectivity index (χ2n) is 2.27. The van der Waals surface area contributed by atoms with E-state index in [1.807, 2.05) is 19.6 Å². The van der Waals surface area contributed by atoms with Crippen molar-refractivity contribution in [1.82, 2.24) is 0 Å². The van der Waals surface area contributed by atoms with Crippen molar-refractivity contribution in [3.63, 3.8) is 0 Å². The maximum absolute atomic E-state index is 5.02. The monoisotopic (exact) mass is 141 g/mol. The van der Waals surface area contributed by atoms with Crippen LogP contribution in [0.3, 0.4) is 0 Å². The topological polar surface area (TPSA) is 9.23 Å². The third-order valence-corrected chi connectivity index (χ3v) is 1.24. The Morgan fingerprint density at radius 1 is 1.30 bits per heavy atom. The molecule has 0 heterocycles. The molecule has 0 fully saturated rings. The third kappa shape index (κ3) is 7.54. The highest BCUT2D eigenvalue weighted by Gasteiger charge is 1.85. The Balaban J connectivity index is 2.77. The van der Waals surface area contributed by atoms with Crippen molar-refractivity contribution in [3.8, 4) is 0 Å². The Labute approximate surface area is 64.1 Å². The van der Waals surface area contributed by atoms with Gasteiger partial charge in [-0.1, -0.05) is 25.8 Å². The molecule has 0 atom stereocenters. The normalized spacial score (nSPS) is 10.6. The molecule has 0 amide bonds. The summed E-state index contributed by atoms with van der Waals surface area (Å²) < 4.78 is 5.02. The van der Waals surface area contributed by atoms with Gasteiger partial charge >= 0.3 is 0 Å². The van der Waals surface area contributed by atoms with Gasteiger partial charge in [0, 0.05) is 0 Å². The quantitative estimate of drug-likeness (QED) is 0.407. The van der Waals surface area contributed by atoms with E-state index >= 15 is 0 Å². The highest BCUT2D eigenvalue weighted by atomic mass is 16.5. The van der Waals surface area contributed by atoms with Crippen LogP contribution in [-0.4, -0.2) is 0 Å². The first kappa shape index (κ1) is 9.54. The van der Waals surface area contributed by atoms with Crippen LogP contribution >= 0.6 is 0 Å². The van der Waals surface area contributed by atoms with Gasteiger partial charge in [0.15, 0.2) is 0 Å². The first-order chi connectivity index (χ1) is 4.91. The van der Waals surface area contributed by atoms with E-state index in [-0.39, 0.29) is 0 Å². The van der Waals surface area contributed by atoms with Crippen LogP contribution in [0.2, 0.25) is 0 Å². The van der Waals surface area contributed by atoms with Crippen molar-refractivity contribution >= 4 is 0 Å². The van der Waals surface area contributed by atoms with E-state index in [0.717, 1.165) is 6.42 Å². The molecule has 0 aromatic rings. The molecule has 0 aromatic carbocycles. The van der Waals surface area contributed by atoms with Gasteiger partial charge in [-0.15, -0.1) is 0 Å². The number of ether oxygens (including phenoxy) is 1.